The van der Waals surface area contributed by atoms with E-state index in [0.29, 0.717) is 29.2 Å². The normalized spacial score (nSPS) is 28.6. The third-order valence-corrected chi connectivity index (χ3v) is 8.38. The van der Waals surface area contributed by atoms with Crippen LogP contribution in [0, 0.1) is 5.92 Å². The van der Waals surface area contributed by atoms with Gasteiger partial charge in [0.2, 0.25) is 11.8 Å². The molecule has 13 nitrogen and oxygen atoms in total. The summed E-state index contributed by atoms with van der Waals surface area (Å²) >= 11 is 6.12. The molecule has 15 heteroatoms. The number of aromatic nitrogens is 4. The van der Waals surface area contributed by atoms with Crippen molar-refractivity contribution in [1.82, 2.24) is 19.5 Å². The first-order valence-corrected chi connectivity index (χ1v) is 14.9. The van der Waals surface area contributed by atoms with Crippen LogP contribution in [0.5, 0.6) is 5.88 Å². The summed E-state index contributed by atoms with van der Waals surface area (Å²) in [6.45, 7) is 5.69. The number of esters is 1. The number of nitrogens with zero attached hydrogens (tertiary/aromatic N) is 4. The number of benzene rings is 1. The number of phosphoric acid groups is 1. The number of imidazole rings is 1. The van der Waals surface area contributed by atoms with Gasteiger partial charge in [-0.15, -0.1) is 0 Å². The third-order valence-electron chi connectivity index (χ3n) is 6.67. The SMILES string of the molecule is CCOc1nc(N)nc2c1ncn2C1OC(COP2(=O)OCCC(c3cccc(Cl)c3)O2)C(OC(=O)CC)C1C. The molecule has 0 aliphatic carbocycles. The Morgan fingerprint density at radius 3 is 2.88 bits per heavy atom. The predicted molar refractivity (Wildman–Crippen MR) is 144 cm³/mol. The maximum absolute atomic E-state index is 13.4. The molecule has 0 saturated carbocycles. The highest BCUT2D eigenvalue weighted by molar-refractivity contribution is 7.48. The number of fused-ring (bicyclic) bond motifs is 1. The molecule has 5 rings (SSSR count). The van der Waals surface area contributed by atoms with Gasteiger partial charge in [0.1, 0.15) is 18.4 Å². The number of hydrogen-bond acceptors (Lipinski definition) is 12. The molecule has 4 heterocycles. The highest BCUT2D eigenvalue weighted by atomic mass is 35.5. The maximum Gasteiger partial charge on any atom is 0.475 e. The Hall–Kier alpha value is -2.80. The number of phosphoric ester groups is 1. The highest BCUT2D eigenvalue weighted by Crippen LogP contribution is 2.57. The van der Waals surface area contributed by atoms with Crippen molar-refractivity contribution in [2.24, 2.45) is 5.92 Å². The topological polar surface area (TPSA) is 159 Å². The van der Waals surface area contributed by atoms with Crippen molar-refractivity contribution in [1.29, 1.82) is 0 Å². The molecule has 0 radical (unpaired) electrons. The van der Waals surface area contributed by atoms with Crippen LogP contribution >= 0.6 is 19.4 Å². The van der Waals surface area contributed by atoms with Crippen LogP contribution in [0.3, 0.4) is 0 Å². The first kappa shape index (κ1) is 28.7. The lowest BCUT2D eigenvalue weighted by Gasteiger charge is -2.30. The molecular formula is C25H31ClN5O8P. The zero-order chi connectivity index (χ0) is 28.4. The van der Waals surface area contributed by atoms with E-state index >= 15 is 0 Å². The predicted octanol–water partition coefficient (Wildman–Crippen LogP) is 4.62. The summed E-state index contributed by atoms with van der Waals surface area (Å²) in [5.74, 6) is -0.524. The van der Waals surface area contributed by atoms with E-state index in [4.69, 9.17) is 45.1 Å². The second-order valence-electron chi connectivity index (χ2n) is 9.39. The second-order valence-corrected chi connectivity index (χ2v) is 11.4. The Bertz CT molecular complexity index is 1420. The summed E-state index contributed by atoms with van der Waals surface area (Å²) in [4.78, 5) is 25.2. The van der Waals surface area contributed by atoms with Crippen molar-refractivity contribution in [3.05, 3.63) is 41.2 Å². The summed E-state index contributed by atoms with van der Waals surface area (Å²) in [6, 6.07) is 7.12. The lowest BCUT2D eigenvalue weighted by Crippen LogP contribution is -2.34. The number of halogens is 1. The molecule has 216 valence electrons. The summed E-state index contributed by atoms with van der Waals surface area (Å²) in [5, 5.41) is 0.538. The van der Waals surface area contributed by atoms with Gasteiger partial charge in [-0.25, -0.2) is 9.55 Å². The fourth-order valence-corrected chi connectivity index (χ4v) is 6.35. The van der Waals surface area contributed by atoms with Gasteiger partial charge in [0.05, 0.1) is 32.3 Å². The number of carbonyl (C=O) groups excluding carboxylic acids is 1. The van der Waals surface area contributed by atoms with E-state index in [0.717, 1.165) is 5.56 Å². The minimum absolute atomic E-state index is 0.0103. The molecule has 0 spiro atoms. The number of hydrogen-bond donors (Lipinski definition) is 1. The Kier molecular flexibility index (Phi) is 8.60. The third kappa shape index (κ3) is 5.95. The van der Waals surface area contributed by atoms with Crippen LogP contribution in [-0.2, 0) is 32.4 Å². The number of anilines is 1. The van der Waals surface area contributed by atoms with E-state index in [-0.39, 0.29) is 37.4 Å². The van der Waals surface area contributed by atoms with Crippen LogP contribution in [0.4, 0.5) is 5.95 Å². The van der Waals surface area contributed by atoms with E-state index in [9.17, 15) is 9.36 Å². The van der Waals surface area contributed by atoms with Gasteiger partial charge in [0.25, 0.3) is 0 Å². The van der Waals surface area contributed by atoms with Crippen molar-refractivity contribution in [3.8, 4) is 5.88 Å². The average molecular weight is 596 g/mol. The monoisotopic (exact) mass is 595 g/mol. The van der Waals surface area contributed by atoms with E-state index in [1.165, 1.54) is 6.33 Å². The molecule has 0 amide bonds. The lowest BCUT2D eigenvalue weighted by molar-refractivity contribution is -0.153. The van der Waals surface area contributed by atoms with Crippen LogP contribution in [0.25, 0.3) is 11.2 Å². The molecule has 40 heavy (non-hydrogen) atoms. The van der Waals surface area contributed by atoms with Crippen LogP contribution in [-0.4, -0.2) is 57.5 Å². The minimum atomic E-state index is -3.97. The van der Waals surface area contributed by atoms with Crippen molar-refractivity contribution < 1.29 is 37.1 Å². The largest absolute Gasteiger partial charge is 0.476 e. The summed E-state index contributed by atoms with van der Waals surface area (Å²) in [5.41, 5.74) is 7.49. The number of nitrogens with two attached hydrogens (primary N) is 1. The average Bonchev–Trinajstić information content (AvgIpc) is 3.48. The first-order valence-electron chi connectivity index (χ1n) is 13.0. The zero-order valence-electron chi connectivity index (χ0n) is 22.3. The molecule has 6 atom stereocenters. The molecule has 2 aromatic heterocycles. The summed E-state index contributed by atoms with van der Waals surface area (Å²) in [7, 11) is -3.97. The molecule has 6 unspecified atom stereocenters. The van der Waals surface area contributed by atoms with Gasteiger partial charge in [0.15, 0.2) is 11.2 Å². The van der Waals surface area contributed by atoms with Gasteiger partial charge in [-0.3, -0.25) is 22.9 Å². The van der Waals surface area contributed by atoms with Crippen LogP contribution < -0.4 is 10.5 Å². The van der Waals surface area contributed by atoms with E-state index in [1.54, 1.807) is 29.7 Å². The molecule has 2 aliphatic heterocycles. The summed E-state index contributed by atoms with van der Waals surface area (Å²) < 4.78 is 49.7. The molecule has 2 N–H and O–H groups in total. The lowest BCUT2D eigenvalue weighted by atomic mass is 10.0. The molecule has 3 aromatic rings. The van der Waals surface area contributed by atoms with Crippen molar-refractivity contribution in [2.45, 2.75) is 58.2 Å². The molecule has 1 aromatic carbocycles. The number of ether oxygens (including phenoxy) is 3. The van der Waals surface area contributed by atoms with E-state index in [2.05, 4.69) is 15.0 Å². The van der Waals surface area contributed by atoms with Gasteiger partial charge < -0.3 is 19.9 Å². The number of carbonyl (C=O) groups is 1. The summed E-state index contributed by atoms with van der Waals surface area (Å²) in [6.07, 6.45) is -0.552. The Morgan fingerprint density at radius 1 is 1.30 bits per heavy atom. The molecule has 2 saturated heterocycles. The standard InChI is InChI=1S/C25H31ClN5O8P/c1-4-19(32)38-21-14(3)24(31-13-28-20-22(31)29-25(27)30-23(20)34-5-2)37-18(21)12-36-40(33)35-10-9-17(39-40)15-7-6-8-16(26)11-15/h6-8,11,13-14,17-18,21,24H,4-5,9-10,12H2,1-3H3,(H2,27,29,30). The fraction of sp³-hybridized carbons (Fsp3) is 0.520. The number of rotatable bonds is 9. The van der Waals surface area contributed by atoms with Gasteiger partial charge in [-0.1, -0.05) is 37.6 Å². The Labute approximate surface area is 235 Å². The van der Waals surface area contributed by atoms with E-state index < -0.39 is 38.3 Å². The quantitative estimate of drug-likeness (QED) is 0.270. The van der Waals surface area contributed by atoms with Gasteiger partial charge in [-0.05, 0) is 24.6 Å². The van der Waals surface area contributed by atoms with Crippen molar-refractivity contribution in [3.63, 3.8) is 0 Å². The van der Waals surface area contributed by atoms with Crippen LogP contribution in [0.15, 0.2) is 30.6 Å². The zero-order valence-corrected chi connectivity index (χ0v) is 23.9. The van der Waals surface area contributed by atoms with Crippen LogP contribution in [0.2, 0.25) is 5.02 Å². The van der Waals surface area contributed by atoms with Crippen molar-refractivity contribution in [2.75, 3.05) is 25.6 Å². The second kappa shape index (κ2) is 12.0. The minimum Gasteiger partial charge on any atom is -0.476 e. The Morgan fingerprint density at radius 2 is 2.12 bits per heavy atom. The Balaban J connectivity index is 1.37. The molecule has 2 aliphatic rings. The molecule has 0 bridgehead atoms. The molecule has 2 fully saturated rings. The first-order chi connectivity index (χ1) is 19.2. The van der Waals surface area contributed by atoms with Gasteiger partial charge in [-0.2, -0.15) is 9.97 Å². The van der Waals surface area contributed by atoms with Gasteiger partial charge >= 0.3 is 13.8 Å². The maximum atomic E-state index is 13.4. The number of nitrogen functional groups attached to an aromatic ring is 1. The molecular weight excluding hydrogens is 565 g/mol. The smallest absolute Gasteiger partial charge is 0.475 e. The van der Waals surface area contributed by atoms with E-state index in [1.807, 2.05) is 19.9 Å². The fourth-order valence-electron chi connectivity index (χ4n) is 4.76. The highest BCUT2D eigenvalue weighted by Gasteiger charge is 2.48. The van der Waals surface area contributed by atoms with Gasteiger partial charge in [0, 0.05) is 23.8 Å². The van der Waals surface area contributed by atoms with Crippen molar-refractivity contribution >= 4 is 42.5 Å². The van der Waals surface area contributed by atoms with Crippen LogP contribution in [0.1, 0.15) is 51.5 Å².